The molecule has 0 spiro atoms. The highest BCUT2D eigenvalue weighted by Gasteiger charge is 2.18. The van der Waals surface area contributed by atoms with E-state index < -0.39 is 60.4 Å². The summed E-state index contributed by atoms with van der Waals surface area (Å²) < 4.78 is 102. The van der Waals surface area contributed by atoms with Gasteiger partial charge in [0.15, 0.2) is 0 Å². The van der Waals surface area contributed by atoms with E-state index in [1.54, 1.807) is 6.07 Å². The van der Waals surface area contributed by atoms with Crippen molar-refractivity contribution in [3.8, 4) is 44.5 Å². The fourth-order valence-electron chi connectivity index (χ4n) is 7.16. The third kappa shape index (κ3) is 4.40. The van der Waals surface area contributed by atoms with Crippen molar-refractivity contribution in [1.82, 2.24) is 0 Å². The first-order valence-electron chi connectivity index (χ1n) is 21.4. The Morgan fingerprint density at radius 1 is 0.388 bits per heavy atom. The second-order valence-electron chi connectivity index (χ2n) is 12.0. The van der Waals surface area contributed by atoms with E-state index in [9.17, 15) is 0 Å². The van der Waals surface area contributed by atoms with Gasteiger partial charge in [-0.1, -0.05) is 164 Å². The molecule has 0 aliphatic heterocycles. The lowest BCUT2D eigenvalue weighted by molar-refractivity contribution is 0.670. The third-order valence-electron chi connectivity index (χ3n) is 9.29. The molecule has 1 heterocycles. The molecule has 1 heteroatoms. The molecular weight excluding hydrogens is 593 g/mol. The minimum atomic E-state index is -0.654. The van der Waals surface area contributed by atoms with Gasteiger partial charge in [-0.05, 0) is 89.4 Å². The molecule has 10 rings (SSSR count). The Hall–Kier alpha value is -6.44. The Labute approximate surface area is 299 Å². The first-order chi connectivity index (χ1) is 28.9. The van der Waals surface area contributed by atoms with Gasteiger partial charge >= 0.3 is 0 Å². The Morgan fingerprint density at radius 2 is 0.959 bits per heavy atom. The van der Waals surface area contributed by atoms with E-state index in [-0.39, 0.29) is 44.7 Å². The molecule has 49 heavy (non-hydrogen) atoms. The van der Waals surface area contributed by atoms with Crippen molar-refractivity contribution < 1.29 is 19.5 Å². The van der Waals surface area contributed by atoms with E-state index in [1.165, 1.54) is 5.56 Å². The summed E-state index contributed by atoms with van der Waals surface area (Å²) in [6, 6.07) is 32.9. The molecule has 1 nitrogen and oxygen atoms in total. The minimum absolute atomic E-state index is 0.0458. The van der Waals surface area contributed by atoms with Gasteiger partial charge in [-0.15, -0.1) is 0 Å². The molecule has 0 aliphatic carbocycles. The van der Waals surface area contributed by atoms with Gasteiger partial charge in [-0.2, -0.15) is 0 Å². The van der Waals surface area contributed by atoms with E-state index in [1.807, 2.05) is 24.3 Å². The second kappa shape index (κ2) is 11.1. The van der Waals surface area contributed by atoms with Crippen LogP contribution in [0.1, 0.15) is 15.1 Å². The van der Waals surface area contributed by atoms with Crippen molar-refractivity contribution in [2.24, 2.45) is 0 Å². The first-order valence-corrected chi connectivity index (χ1v) is 15.9. The van der Waals surface area contributed by atoms with Gasteiger partial charge < -0.3 is 4.42 Å². The molecule has 0 saturated carbocycles. The lowest BCUT2D eigenvalue weighted by atomic mass is 9.85. The predicted molar refractivity (Wildman–Crippen MR) is 208 cm³/mol. The average molecular weight is 634 g/mol. The van der Waals surface area contributed by atoms with Crippen molar-refractivity contribution in [1.29, 1.82) is 0 Å². The van der Waals surface area contributed by atoms with Crippen molar-refractivity contribution in [2.45, 2.75) is 0 Å². The van der Waals surface area contributed by atoms with Crippen molar-refractivity contribution in [3.63, 3.8) is 0 Å². The predicted octanol–water partition coefficient (Wildman–Crippen LogP) is 13.7. The van der Waals surface area contributed by atoms with Crippen LogP contribution in [0.5, 0.6) is 0 Å². The van der Waals surface area contributed by atoms with Gasteiger partial charge in [0.2, 0.25) is 0 Å². The summed E-state index contributed by atoms with van der Waals surface area (Å²) in [5, 5.41) is 6.06. The molecule has 1 aromatic heterocycles. The first kappa shape index (κ1) is 18.8. The topological polar surface area (TPSA) is 13.1 Å². The third-order valence-corrected chi connectivity index (χ3v) is 9.29. The van der Waals surface area contributed by atoms with Crippen LogP contribution >= 0.6 is 0 Å². The Kier molecular flexibility index (Phi) is 4.25. The highest BCUT2D eigenvalue weighted by atomic mass is 16.3. The van der Waals surface area contributed by atoms with Crippen LogP contribution in [-0.4, -0.2) is 0 Å². The SMILES string of the molecule is [2H]c1c([2H])c([2H])c(-c2c([2H])c([2H])c([2H])c3oc4c(-c5ccc6cc(-c7c8ccccc8c(-c8ccccc8)c8ccccc78)ccc6c5)c([2H])c([2H])c([2H])c4c23)c([2H])c1[2H]. The molecule has 0 radical (unpaired) electrons. The van der Waals surface area contributed by atoms with Crippen LogP contribution in [0, 0.1) is 0 Å². The van der Waals surface area contributed by atoms with Gasteiger partial charge in [0.05, 0.1) is 15.1 Å². The van der Waals surface area contributed by atoms with Gasteiger partial charge in [0, 0.05) is 16.3 Å². The van der Waals surface area contributed by atoms with Crippen LogP contribution in [0.25, 0.3) is 98.8 Å². The molecule has 0 unspecified atom stereocenters. The van der Waals surface area contributed by atoms with Crippen molar-refractivity contribution in [3.05, 3.63) is 182 Å². The number of benzene rings is 9. The summed E-state index contributed by atoms with van der Waals surface area (Å²) >= 11 is 0. The van der Waals surface area contributed by atoms with E-state index in [2.05, 4.69) is 84.9 Å². The largest absolute Gasteiger partial charge is 0.455 e. The molecule has 0 saturated heterocycles. The Bertz CT molecular complexity index is 3420. The molecule has 0 atom stereocenters. The summed E-state index contributed by atoms with van der Waals surface area (Å²) in [6.07, 6.45) is 0. The number of hydrogen-bond acceptors (Lipinski definition) is 1. The zero-order valence-corrected chi connectivity index (χ0v) is 25.9. The van der Waals surface area contributed by atoms with E-state index in [0.717, 1.165) is 49.0 Å². The number of hydrogen-bond donors (Lipinski definition) is 0. The molecule has 0 fully saturated rings. The van der Waals surface area contributed by atoms with Gasteiger partial charge in [0.25, 0.3) is 0 Å². The van der Waals surface area contributed by atoms with Crippen molar-refractivity contribution >= 4 is 54.3 Å². The zero-order valence-electron chi connectivity index (χ0n) is 36.9. The van der Waals surface area contributed by atoms with Crippen LogP contribution in [0.15, 0.2) is 186 Å². The van der Waals surface area contributed by atoms with Gasteiger partial charge in [-0.3, -0.25) is 0 Å². The molecule has 9 aromatic carbocycles. The maximum atomic E-state index is 9.10. The van der Waals surface area contributed by atoms with E-state index in [0.29, 0.717) is 5.56 Å². The lowest BCUT2D eigenvalue weighted by Gasteiger charge is -2.18. The van der Waals surface area contributed by atoms with Gasteiger partial charge in [0.1, 0.15) is 11.2 Å². The number of fused-ring (bicyclic) bond motifs is 6. The van der Waals surface area contributed by atoms with Crippen LogP contribution in [0.2, 0.25) is 0 Å². The molecule has 0 amide bonds. The van der Waals surface area contributed by atoms with Crippen LogP contribution < -0.4 is 0 Å². The lowest BCUT2D eigenvalue weighted by Crippen LogP contribution is -1.90. The quantitative estimate of drug-likeness (QED) is 0.176. The maximum Gasteiger partial charge on any atom is 0.143 e. The van der Waals surface area contributed by atoms with Crippen LogP contribution in [0.3, 0.4) is 0 Å². The van der Waals surface area contributed by atoms with Crippen LogP contribution in [-0.2, 0) is 0 Å². The number of rotatable bonds is 4. The molecule has 228 valence electrons. The van der Waals surface area contributed by atoms with Crippen molar-refractivity contribution in [2.75, 3.05) is 0 Å². The number of furan rings is 1. The van der Waals surface area contributed by atoms with E-state index in [4.69, 9.17) is 19.5 Å². The normalized spacial score (nSPS) is 14.8. The van der Waals surface area contributed by atoms with Gasteiger partial charge in [-0.25, -0.2) is 0 Å². The summed E-state index contributed by atoms with van der Waals surface area (Å²) in [4.78, 5) is 0. The standard InChI is InChI=1S/C48H30O/c1-3-13-31(14-4-1)37-21-12-24-44-47(37)43-23-11-22-38(48(43)49-44)35-27-25-34-30-36(28-26-33(34)29-35)46-41-19-9-7-17-39(41)45(32-15-5-2-6-16-32)40-18-8-10-20-42(40)46/h1-30H/i1D,3D,4D,11D,12D,13D,14D,21D,22D,23D,24D. The molecule has 10 aromatic rings. The fraction of sp³-hybridized carbons (Fsp3) is 0. The summed E-state index contributed by atoms with van der Waals surface area (Å²) in [5.74, 6) is 0. The maximum absolute atomic E-state index is 9.10. The monoisotopic (exact) mass is 633 g/mol. The summed E-state index contributed by atoms with van der Waals surface area (Å²) in [5.41, 5.74) is 4.07. The molecule has 0 aliphatic rings. The highest BCUT2D eigenvalue weighted by molar-refractivity contribution is 6.22. The fourth-order valence-corrected chi connectivity index (χ4v) is 7.16. The van der Waals surface area contributed by atoms with E-state index >= 15 is 0 Å². The molecule has 0 N–H and O–H groups in total. The number of para-hydroxylation sites is 1. The Morgan fingerprint density at radius 3 is 1.65 bits per heavy atom. The zero-order chi connectivity index (χ0) is 41.9. The minimum Gasteiger partial charge on any atom is -0.455 e. The molecule has 0 bridgehead atoms. The molecular formula is C48H30O. The summed E-state index contributed by atoms with van der Waals surface area (Å²) in [7, 11) is 0. The Balaban J connectivity index is 1.20. The second-order valence-corrected chi connectivity index (χ2v) is 12.0. The van der Waals surface area contributed by atoms with Crippen LogP contribution in [0.4, 0.5) is 0 Å². The highest BCUT2D eigenvalue weighted by Crippen LogP contribution is 2.45. The smallest absolute Gasteiger partial charge is 0.143 e. The average Bonchev–Trinajstić information content (AvgIpc) is 3.66. The summed E-state index contributed by atoms with van der Waals surface area (Å²) in [6.45, 7) is 0.